The Labute approximate surface area is 193 Å². The number of amides is 1. The number of nitrogens with one attached hydrogen (secondary N) is 1. The molecule has 0 aromatic rings. The molecule has 2 unspecified atom stereocenters. The van der Waals surface area contributed by atoms with Crippen molar-refractivity contribution in [2.75, 3.05) is 52.4 Å². The number of likely N-dealkylation sites (tertiary alicyclic amines) is 1. The summed E-state index contributed by atoms with van der Waals surface area (Å²) in [4.78, 5) is 24.0. The van der Waals surface area contributed by atoms with E-state index in [0.29, 0.717) is 18.5 Å². The third-order valence-corrected chi connectivity index (χ3v) is 7.21. The number of aliphatic imine (C=N–C) groups is 1. The van der Waals surface area contributed by atoms with Gasteiger partial charge in [0.2, 0.25) is 5.91 Å². The molecule has 2 heterocycles. The van der Waals surface area contributed by atoms with E-state index in [1.54, 1.807) is 0 Å². The van der Waals surface area contributed by atoms with Gasteiger partial charge in [-0.15, -0.1) is 24.0 Å². The first kappa shape index (κ1) is 23.1. The molecular formula is C22H40IN5O. The second-order valence-corrected chi connectivity index (χ2v) is 9.20. The van der Waals surface area contributed by atoms with E-state index in [4.69, 9.17) is 4.99 Å². The Morgan fingerprint density at radius 1 is 0.931 bits per heavy atom. The summed E-state index contributed by atoms with van der Waals surface area (Å²) in [5.74, 6) is 3.25. The molecule has 0 aromatic heterocycles. The Bertz CT molecular complexity index is 551. The highest BCUT2D eigenvalue weighted by molar-refractivity contribution is 14.0. The normalized spacial score (nSPS) is 28.9. The lowest BCUT2D eigenvalue weighted by molar-refractivity contribution is -0.131. The number of rotatable bonds is 5. The Morgan fingerprint density at radius 3 is 2.28 bits per heavy atom. The van der Waals surface area contributed by atoms with Crippen molar-refractivity contribution < 1.29 is 4.79 Å². The van der Waals surface area contributed by atoms with Gasteiger partial charge in [-0.25, -0.2) is 0 Å². The van der Waals surface area contributed by atoms with Crippen LogP contribution in [0.4, 0.5) is 0 Å². The first-order chi connectivity index (χ1) is 13.7. The van der Waals surface area contributed by atoms with Crippen LogP contribution in [0.5, 0.6) is 0 Å². The maximum Gasteiger partial charge on any atom is 0.236 e. The number of carbonyl (C=O) groups excluding carboxylic acids is 1. The van der Waals surface area contributed by atoms with Gasteiger partial charge in [0.1, 0.15) is 0 Å². The van der Waals surface area contributed by atoms with Crippen LogP contribution in [0.25, 0.3) is 0 Å². The molecule has 1 N–H and O–H groups in total. The highest BCUT2D eigenvalue weighted by Crippen LogP contribution is 2.44. The van der Waals surface area contributed by atoms with Crippen LogP contribution in [-0.4, -0.2) is 85.0 Å². The fraction of sp³-hybridized carbons (Fsp3) is 0.909. The lowest BCUT2D eigenvalue weighted by Crippen LogP contribution is -2.54. The average molecular weight is 518 g/mol. The van der Waals surface area contributed by atoms with E-state index < -0.39 is 0 Å². The van der Waals surface area contributed by atoms with E-state index in [9.17, 15) is 4.79 Å². The Hall–Kier alpha value is -0.570. The summed E-state index contributed by atoms with van der Waals surface area (Å²) in [6.07, 6.45) is 10.9. The third kappa shape index (κ3) is 6.21. The third-order valence-electron chi connectivity index (χ3n) is 7.21. The first-order valence-electron chi connectivity index (χ1n) is 11.8. The highest BCUT2D eigenvalue weighted by atomic mass is 127. The molecule has 2 saturated carbocycles. The molecule has 2 atom stereocenters. The van der Waals surface area contributed by atoms with Crippen molar-refractivity contribution in [2.24, 2.45) is 16.8 Å². The van der Waals surface area contributed by atoms with Crippen molar-refractivity contribution in [1.82, 2.24) is 20.0 Å². The number of hydrogen-bond acceptors (Lipinski definition) is 3. The summed E-state index contributed by atoms with van der Waals surface area (Å²) >= 11 is 0. The summed E-state index contributed by atoms with van der Waals surface area (Å²) < 4.78 is 0. The van der Waals surface area contributed by atoms with Crippen molar-refractivity contribution >= 4 is 35.8 Å². The van der Waals surface area contributed by atoms with E-state index >= 15 is 0 Å². The summed E-state index contributed by atoms with van der Waals surface area (Å²) in [6.45, 7) is 9.32. The van der Waals surface area contributed by atoms with E-state index in [-0.39, 0.29) is 24.0 Å². The monoisotopic (exact) mass is 517 g/mol. The molecule has 2 aliphatic heterocycles. The zero-order valence-electron chi connectivity index (χ0n) is 18.2. The number of piperazine rings is 1. The second kappa shape index (κ2) is 11.2. The first-order valence-corrected chi connectivity index (χ1v) is 11.8. The number of guanidine groups is 1. The zero-order chi connectivity index (χ0) is 19.3. The van der Waals surface area contributed by atoms with Gasteiger partial charge < -0.3 is 15.1 Å². The molecule has 0 spiro atoms. The van der Waals surface area contributed by atoms with Gasteiger partial charge in [-0.1, -0.05) is 32.1 Å². The SMILES string of the molecule is CCN=C(NC1CC1C1CCCCC1)N1CCN(CC(=O)N2CCCC2)CC1.I. The standard InChI is InChI=1S/C22H39N5O.HI/c1-2-23-22(24-20-16-19(20)18-8-4-3-5-9-18)27-14-12-25(13-15-27)17-21(28)26-10-6-7-11-26;/h18-20H,2-17H2,1H3,(H,23,24);1H. The maximum atomic E-state index is 12.4. The summed E-state index contributed by atoms with van der Waals surface area (Å²) in [7, 11) is 0. The van der Waals surface area contributed by atoms with Gasteiger partial charge in [0.15, 0.2) is 5.96 Å². The Balaban J connectivity index is 0.00000240. The molecule has 0 radical (unpaired) electrons. The largest absolute Gasteiger partial charge is 0.353 e. The number of nitrogens with zero attached hydrogens (tertiary/aromatic N) is 4. The molecule has 6 nitrogen and oxygen atoms in total. The van der Waals surface area contributed by atoms with Gasteiger partial charge in [-0.3, -0.25) is 14.7 Å². The van der Waals surface area contributed by atoms with E-state index in [1.165, 1.54) is 51.4 Å². The molecule has 0 aromatic carbocycles. The lowest BCUT2D eigenvalue weighted by Gasteiger charge is -2.37. The fourth-order valence-corrected chi connectivity index (χ4v) is 5.39. The van der Waals surface area contributed by atoms with Crippen LogP contribution in [0, 0.1) is 11.8 Å². The number of hydrogen-bond donors (Lipinski definition) is 1. The smallest absolute Gasteiger partial charge is 0.236 e. The molecule has 1 amide bonds. The van der Waals surface area contributed by atoms with Crippen molar-refractivity contribution in [3.63, 3.8) is 0 Å². The van der Waals surface area contributed by atoms with Crippen LogP contribution >= 0.6 is 24.0 Å². The van der Waals surface area contributed by atoms with Gasteiger partial charge in [0, 0.05) is 51.9 Å². The molecule has 166 valence electrons. The minimum absolute atomic E-state index is 0. The van der Waals surface area contributed by atoms with Crippen LogP contribution in [0.15, 0.2) is 4.99 Å². The molecule has 4 fully saturated rings. The predicted octanol–water partition coefficient (Wildman–Crippen LogP) is 2.78. The minimum Gasteiger partial charge on any atom is -0.353 e. The summed E-state index contributed by atoms with van der Waals surface area (Å²) in [5, 5.41) is 3.79. The van der Waals surface area contributed by atoms with Crippen LogP contribution in [0.2, 0.25) is 0 Å². The van der Waals surface area contributed by atoms with Crippen LogP contribution in [0.3, 0.4) is 0 Å². The number of halogens is 1. The summed E-state index contributed by atoms with van der Waals surface area (Å²) in [6, 6.07) is 0.642. The molecule has 4 rings (SSSR count). The Kier molecular flexibility index (Phi) is 8.89. The van der Waals surface area contributed by atoms with Gasteiger partial charge in [0.05, 0.1) is 6.54 Å². The minimum atomic E-state index is 0. The molecule has 4 aliphatic rings. The van der Waals surface area contributed by atoms with Crippen LogP contribution < -0.4 is 5.32 Å². The van der Waals surface area contributed by atoms with Crippen LogP contribution in [-0.2, 0) is 4.79 Å². The topological polar surface area (TPSA) is 51.2 Å². The lowest BCUT2D eigenvalue weighted by atomic mass is 9.85. The van der Waals surface area contributed by atoms with Gasteiger partial charge >= 0.3 is 0 Å². The molecular weight excluding hydrogens is 477 g/mol. The molecule has 0 bridgehead atoms. The summed E-state index contributed by atoms with van der Waals surface area (Å²) in [5.41, 5.74) is 0. The average Bonchev–Trinajstić information content (AvgIpc) is 3.27. The second-order valence-electron chi connectivity index (χ2n) is 9.20. The molecule has 2 aliphatic carbocycles. The molecule has 29 heavy (non-hydrogen) atoms. The number of carbonyl (C=O) groups is 1. The Morgan fingerprint density at radius 2 is 1.62 bits per heavy atom. The van der Waals surface area contributed by atoms with Crippen molar-refractivity contribution in [2.45, 2.75) is 64.3 Å². The molecule has 7 heteroatoms. The molecule has 2 saturated heterocycles. The van der Waals surface area contributed by atoms with E-state index in [2.05, 4.69) is 22.0 Å². The van der Waals surface area contributed by atoms with Crippen molar-refractivity contribution in [3.05, 3.63) is 0 Å². The predicted molar refractivity (Wildman–Crippen MR) is 129 cm³/mol. The van der Waals surface area contributed by atoms with Gasteiger partial charge in [-0.05, 0) is 38.0 Å². The fourth-order valence-electron chi connectivity index (χ4n) is 5.39. The quantitative estimate of drug-likeness (QED) is 0.346. The maximum absolute atomic E-state index is 12.4. The van der Waals surface area contributed by atoms with E-state index in [0.717, 1.165) is 63.6 Å². The van der Waals surface area contributed by atoms with Gasteiger partial charge in [-0.2, -0.15) is 0 Å². The van der Waals surface area contributed by atoms with E-state index in [1.807, 2.05) is 4.90 Å². The van der Waals surface area contributed by atoms with Crippen LogP contribution in [0.1, 0.15) is 58.3 Å². The van der Waals surface area contributed by atoms with Crippen molar-refractivity contribution in [1.29, 1.82) is 0 Å². The highest BCUT2D eigenvalue weighted by Gasteiger charge is 2.44. The zero-order valence-corrected chi connectivity index (χ0v) is 20.5. The van der Waals surface area contributed by atoms with Crippen molar-refractivity contribution in [3.8, 4) is 0 Å². The van der Waals surface area contributed by atoms with Gasteiger partial charge in [0.25, 0.3) is 0 Å².